The SMILES string of the molecule is CCC1(CC)c2ccccc2-c2c1cc(OC)c1cc(OC)c(C3CCCCC3)cc21. The van der Waals surface area contributed by atoms with E-state index < -0.39 is 0 Å². The molecule has 3 aromatic rings. The van der Waals surface area contributed by atoms with Crippen LogP contribution in [0.1, 0.15) is 81.4 Å². The lowest BCUT2D eigenvalue weighted by Crippen LogP contribution is -2.23. The molecule has 5 rings (SSSR count). The van der Waals surface area contributed by atoms with E-state index in [-0.39, 0.29) is 5.41 Å². The van der Waals surface area contributed by atoms with Gasteiger partial charge in [-0.3, -0.25) is 0 Å². The molecule has 3 aromatic carbocycles. The number of rotatable bonds is 5. The third kappa shape index (κ3) is 2.91. The minimum atomic E-state index is 0.0539. The van der Waals surface area contributed by atoms with Crippen molar-refractivity contribution in [3.8, 4) is 22.6 Å². The molecule has 1 fully saturated rings. The Kier molecular flexibility index (Phi) is 5.20. The quantitative estimate of drug-likeness (QED) is 0.421. The first kappa shape index (κ1) is 20.4. The van der Waals surface area contributed by atoms with E-state index in [0.717, 1.165) is 29.7 Å². The maximum atomic E-state index is 5.96. The highest BCUT2D eigenvalue weighted by molar-refractivity contribution is 6.06. The molecule has 1 saturated carbocycles. The van der Waals surface area contributed by atoms with Crippen molar-refractivity contribution < 1.29 is 9.47 Å². The summed E-state index contributed by atoms with van der Waals surface area (Å²) in [5.41, 5.74) is 7.15. The van der Waals surface area contributed by atoms with Crippen LogP contribution in [-0.2, 0) is 5.41 Å². The highest BCUT2D eigenvalue weighted by Crippen LogP contribution is 2.57. The third-order valence-electron chi connectivity index (χ3n) is 8.15. The molecule has 2 nitrogen and oxygen atoms in total. The van der Waals surface area contributed by atoms with Gasteiger partial charge in [-0.1, -0.05) is 57.4 Å². The van der Waals surface area contributed by atoms with E-state index in [0.29, 0.717) is 5.92 Å². The Morgan fingerprint density at radius 3 is 2.19 bits per heavy atom. The van der Waals surface area contributed by atoms with Gasteiger partial charge >= 0.3 is 0 Å². The number of hydrogen-bond acceptors (Lipinski definition) is 2. The summed E-state index contributed by atoms with van der Waals surface area (Å²) in [4.78, 5) is 0. The highest BCUT2D eigenvalue weighted by Gasteiger charge is 2.42. The predicted molar refractivity (Wildman–Crippen MR) is 130 cm³/mol. The summed E-state index contributed by atoms with van der Waals surface area (Å²) in [7, 11) is 3.60. The van der Waals surface area contributed by atoms with E-state index in [2.05, 4.69) is 56.3 Å². The summed E-state index contributed by atoms with van der Waals surface area (Å²) < 4.78 is 11.9. The second kappa shape index (κ2) is 7.89. The predicted octanol–water partition coefficient (Wildman–Crippen LogP) is 7.99. The first-order chi connectivity index (χ1) is 15.2. The van der Waals surface area contributed by atoms with E-state index >= 15 is 0 Å². The van der Waals surface area contributed by atoms with Gasteiger partial charge in [-0.15, -0.1) is 0 Å². The summed E-state index contributed by atoms with van der Waals surface area (Å²) in [6, 6.07) is 16.0. The number of fused-ring (bicyclic) bond motifs is 5. The standard InChI is InChI=1S/C29H34O2/c1-5-29(6-2)24-15-11-10-14-20(24)28-23-16-21(19-12-8-7-9-13-19)26(30-3)17-22(23)27(31-4)18-25(28)29/h10-11,14-19H,5-9,12-13H2,1-4H3. The lowest BCUT2D eigenvalue weighted by molar-refractivity contribution is 0.387. The van der Waals surface area contributed by atoms with Crippen LogP contribution in [0.5, 0.6) is 11.5 Å². The van der Waals surface area contributed by atoms with Crippen molar-refractivity contribution in [2.75, 3.05) is 14.2 Å². The smallest absolute Gasteiger partial charge is 0.127 e. The lowest BCUT2D eigenvalue weighted by Gasteiger charge is -2.30. The van der Waals surface area contributed by atoms with Gasteiger partial charge < -0.3 is 9.47 Å². The van der Waals surface area contributed by atoms with Crippen LogP contribution in [0.25, 0.3) is 21.9 Å². The molecular weight excluding hydrogens is 380 g/mol. The van der Waals surface area contributed by atoms with Crippen LogP contribution in [-0.4, -0.2) is 14.2 Å². The second-order valence-corrected chi connectivity index (χ2v) is 9.31. The van der Waals surface area contributed by atoms with Crippen LogP contribution >= 0.6 is 0 Å². The van der Waals surface area contributed by atoms with E-state index in [1.807, 2.05) is 7.11 Å². The van der Waals surface area contributed by atoms with Crippen molar-refractivity contribution in [2.24, 2.45) is 0 Å². The Morgan fingerprint density at radius 2 is 1.52 bits per heavy atom. The fourth-order valence-electron chi connectivity index (χ4n) is 6.45. The van der Waals surface area contributed by atoms with Gasteiger partial charge in [-0.05, 0) is 83.0 Å². The molecule has 0 amide bonds. The molecule has 31 heavy (non-hydrogen) atoms. The Labute approximate surface area is 186 Å². The minimum Gasteiger partial charge on any atom is -0.496 e. The maximum absolute atomic E-state index is 5.96. The zero-order valence-electron chi connectivity index (χ0n) is 19.4. The number of methoxy groups -OCH3 is 2. The molecular formula is C29H34O2. The molecule has 0 atom stereocenters. The van der Waals surface area contributed by atoms with Gasteiger partial charge in [0.25, 0.3) is 0 Å². The molecule has 0 N–H and O–H groups in total. The molecule has 0 unspecified atom stereocenters. The largest absolute Gasteiger partial charge is 0.496 e. The van der Waals surface area contributed by atoms with Crippen LogP contribution in [0, 0.1) is 0 Å². The molecule has 0 radical (unpaired) electrons. The van der Waals surface area contributed by atoms with E-state index in [1.54, 1.807) is 7.11 Å². The number of benzene rings is 3. The van der Waals surface area contributed by atoms with E-state index in [1.165, 1.54) is 65.3 Å². The summed E-state index contributed by atoms with van der Waals surface area (Å²) in [5, 5.41) is 2.49. The summed E-state index contributed by atoms with van der Waals surface area (Å²) in [5.74, 6) is 2.57. The first-order valence-corrected chi connectivity index (χ1v) is 12.0. The monoisotopic (exact) mass is 414 g/mol. The molecule has 0 aromatic heterocycles. The zero-order valence-corrected chi connectivity index (χ0v) is 19.4. The average Bonchev–Trinajstić information content (AvgIpc) is 3.13. The van der Waals surface area contributed by atoms with Crippen molar-refractivity contribution in [2.45, 2.75) is 70.1 Å². The van der Waals surface area contributed by atoms with E-state index in [9.17, 15) is 0 Å². The second-order valence-electron chi connectivity index (χ2n) is 9.31. The van der Waals surface area contributed by atoms with Crippen molar-refractivity contribution in [1.82, 2.24) is 0 Å². The highest BCUT2D eigenvalue weighted by atomic mass is 16.5. The van der Waals surface area contributed by atoms with Gasteiger partial charge in [-0.25, -0.2) is 0 Å². The van der Waals surface area contributed by atoms with Gasteiger partial charge in [0.15, 0.2) is 0 Å². The Bertz CT molecular complexity index is 1120. The summed E-state index contributed by atoms with van der Waals surface area (Å²) >= 11 is 0. The van der Waals surface area contributed by atoms with Crippen molar-refractivity contribution >= 4 is 10.8 Å². The Morgan fingerprint density at radius 1 is 0.806 bits per heavy atom. The van der Waals surface area contributed by atoms with Crippen molar-refractivity contribution in [3.63, 3.8) is 0 Å². The number of ether oxygens (including phenoxy) is 2. The topological polar surface area (TPSA) is 18.5 Å². The molecule has 2 heteroatoms. The fraction of sp³-hybridized carbons (Fsp3) is 0.448. The molecule has 0 aliphatic heterocycles. The molecule has 0 heterocycles. The van der Waals surface area contributed by atoms with Gasteiger partial charge in [0.2, 0.25) is 0 Å². The zero-order chi connectivity index (χ0) is 21.6. The molecule has 0 bridgehead atoms. The van der Waals surface area contributed by atoms with Crippen LogP contribution < -0.4 is 9.47 Å². The van der Waals surface area contributed by atoms with Crippen LogP contribution in [0.15, 0.2) is 42.5 Å². The lowest BCUT2D eigenvalue weighted by atomic mass is 9.73. The van der Waals surface area contributed by atoms with Gasteiger partial charge in [0, 0.05) is 10.8 Å². The molecule has 0 saturated heterocycles. The molecule has 2 aliphatic carbocycles. The van der Waals surface area contributed by atoms with Crippen LogP contribution in [0.2, 0.25) is 0 Å². The third-order valence-corrected chi connectivity index (χ3v) is 8.15. The Hall–Kier alpha value is -2.48. The van der Waals surface area contributed by atoms with Crippen molar-refractivity contribution in [3.05, 3.63) is 59.2 Å². The molecule has 2 aliphatic rings. The van der Waals surface area contributed by atoms with Crippen molar-refractivity contribution in [1.29, 1.82) is 0 Å². The normalized spacial score (nSPS) is 17.4. The number of hydrogen-bond donors (Lipinski definition) is 0. The maximum Gasteiger partial charge on any atom is 0.127 e. The van der Waals surface area contributed by atoms with E-state index in [4.69, 9.17) is 9.47 Å². The first-order valence-electron chi connectivity index (χ1n) is 12.0. The summed E-state index contributed by atoms with van der Waals surface area (Å²) in [6.07, 6.45) is 8.70. The van der Waals surface area contributed by atoms with Crippen LogP contribution in [0.4, 0.5) is 0 Å². The fourth-order valence-corrected chi connectivity index (χ4v) is 6.45. The summed E-state index contributed by atoms with van der Waals surface area (Å²) in [6.45, 7) is 4.65. The van der Waals surface area contributed by atoms with Gasteiger partial charge in [0.05, 0.1) is 14.2 Å². The molecule has 162 valence electrons. The average molecular weight is 415 g/mol. The van der Waals surface area contributed by atoms with Gasteiger partial charge in [-0.2, -0.15) is 0 Å². The van der Waals surface area contributed by atoms with Gasteiger partial charge in [0.1, 0.15) is 11.5 Å². The minimum absolute atomic E-state index is 0.0539. The molecule has 0 spiro atoms. The van der Waals surface area contributed by atoms with Crippen LogP contribution in [0.3, 0.4) is 0 Å². The Balaban J connectivity index is 1.87.